The van der Waals surface area contributed by atoms with E-state index >= 15 is 0 Å². The van der Waals surface area contributed by atoms with Crippen molar-refractivity contribution in [2.75, 3.05) is 6.54 Å². The lowest BCUT2D eigenvalue weighted by molar-refractivity contribution is -0.137. The van der Waals surface area contributed by atoms with Gasteiger partial charge >= 0.3 is 11.9 Å². The predicted molar refractivity (Wildman–Crippen MR) is 67.9 cm³/mol. The number of benzene rings is 1. The van der Waals surface area contributed by atoms with E-state index in [-0.39, 0.29) is 16.7 Å². The fourth-order valence-corrected chi connectivity index (χ4v) is 1.99. The molecular formula is C13H9NO7. The molecule has 1 aromatic carbocycles. The molecule has 1 aliphatic carbocycles. The highest BCUT2D eigenvalue weighted by molar-refractivity contribution is 6.35. The van der Waals surface area contributed by atoms with Gasteiger partial charge in [-0.3, -0.25) is 14.4 Å². The van der Waals surface area contributed by atoms with Gasteiger partial charge in [-0.15, -0.1) is 0 Å². The van der Waals surface area contributed by atoms with E-state index in [1.54, 1.807) is 0 Å². The normalized spacial score (nSPS) is 13.0. The number of carboxylic acid groups (broad SMARTS) is 2. The third-order valence-electron chi connectivity index (χ3n) is 2.87. The molecule has 0 radical (unpaired) electrons. The Hall–Kier alpha value is -3.16. The van der Waals surface area contributed by atoms with Crippen molar-refractivity contribution in [3.63, 3.8) is 0 Å². The molecule has 0 heterocycles. The van der Waals surface area contributed by atoms with Crippen LogP contribution < -0.4 is 5.32 Å². The summed E-state index contributed by atoms with van der Waals surface area (Å²) in [5.41, 5.74) is -1.37. The number of amides is 1. The quantitative estimate of drug-likeness (QED) is 0.574. The number of aliphatic hydroxyl groups is 1. The Morgan fingerprint density at radius 2 is 1.81 bits per heavy atom. The van der Waals surface area contributed by atoms with Crippen molar-refractivity contribution >= 4 is 29.4 Å². The number of rotatable bonds is 4. The Morgan fingerprint density at radius 1 is 1.14 bits per heavy atom. The maximum atomic E-state index is 12.1. The molecular weight excluding hydrogens is 282 g/mol. The zero-order chi connectivity index (χ0) is 15.7. The zero-order valence-electron chi connectivity index (χ0n) is 10.4. The van der Waals surface area contributed by atoms with Crippen LogP contribution in [-0.2, 0) is 9.59 Å². The van der Waals surface area contributed by atoms with Crippen molar-refractivity contribution in [2.45, 2.75) is 0 Å². The van der Waals surface area contributed by atoms with Crippen molar-refractivity contribution in [3.8, 4) is 0 Å². The minimum absolute atomic E-state index is 0.0691. The second-order valence-electron chi connectivity index (χ2n) is 4.16. The number of aliphatic hydroxyl groups excluding tert-OH is 1. The van der Waals surface area contributed by atoms with Crippen LogP contribution >= 0.6 is 0 Å². The lowest BCUT2D eigenvalue weighted by Gasteiger charge is -2.03. The number of nitrogens with one attached hydrogen (secondary N) is 1. The van der Waals surface area contributed by atoms with Gasteiger partial charge in [0.15, 0.2) is 0 Å². The average molecular weight is 291 g/mol. The highest BCUT2D eigenvalue weighted by atomic mass is 16.4. The fraction of sp³-hybridized carbons (Fsp3) is 0.0769. The summed E-state index contributed by atoms with van der Waals surface area (Å²) in [6, 6.07) is 3.79. The van der Waals surface area contributed by atoms with Gasteiger partial charge in [-0.1, -0.05) is 12.1 Å². The molecule has 0 spiro atoms. The highest BCUT2D eigenvalue weighted by Crippen LogP contribution is 2.33. The number of carbonyl (C=O) groups excluding carboxylic acids is 2. The van der Waals surface area contributed by atoms with Crippen LogP contribution in [-0.4, -0.2) is 45.5 Å². The van der Waals surface area contributed by atoms with Crippen LogP contribution in [0, 0.1) is 0 Å². The minimum atomic E-state index is -1.37. The van der Waals surface area contributed by atoms with Gasteiger partial charge in [-0.05, 0) is 6.07 Å². The molecule has 0 saturated carbocycles. The molecule has 0 atom stereocenters. The van der Waals surface area contributed by atoms with E-state index in [0.29, 0.717) is 0 Å². The molecule has 1 amide bonds. The van der Waals surface area contributed by atoms with Crippen molar-refractivity contribution in [2.24, 2.45) is 0 Å². The van der Waals surface area contributed by atoms with Gasteiger partial charge in [0.2, 0.25) is 5.78 Å². The average Bonchev–Trinajstić information content (AvgIpc) is 2.68. The number of fused-ring (bicyclic) bond motifs is 1. The first-order valence-corrected chi connectivity index (χ1v) is 5.69. The highest BCUT2D eigenvalue weighted by Gasteiger charge is 2.37. The van der Waals surface area contributed by atoms with Gasteiger partial charge < -0.3 is 20.6 Å². The van der Waals surface area contributed by atoms with Gasteiger partial charge in [-0.2, -0.15) is 0 Å². The SMILES string of the molecule is O=C(O)CNC(=O)C1=C(O)c2cccc(C(=O)O)c2C1=O. The Balaban J connectivity index is 2.44. The molecule has 0 bridgehead atoms. The number of aromatic carboxylic acids is 1. The Kier molecular flexibility index (Phi) is 3.45. The molecule has 0 fully saturated rings. The summed E-state index contributed by atoms with van der Waals surface area (Å²) >= 11 is 0. The molecule has 1 aliphatic rings. The molecule has 4 N–H and O–H groups in total. The lowest BCUT2D eigenvalue weighted by atomic mass is 10.0. The molecule has 2 rings (SSSR count). The van der Waals surface area contributed by atoms with Crippen molar-refractivity contribution in [1.29, 1.82) is 0 Å². The van der Waals surface area contributed by atoms with E-state index in [4.69, 9.17) is 10.2 Å². The van der Waals surface area contributed by atoms with Crippen LogP contribution in [0.4, 0.5) is 0 Å². The summed E-state index contributed by atoms with van der Waals surface area (Å²) in [5.74, 6) is -5.39. The third kappa shape index (κ3) is 2.34. The zero-order valence-corrected chi connectivity index (χ0v) is 10.4. The van der Waals surface area contributed by atoms with Gasteiger partial charge in [-0.25, -0.2) is 4.79 Å². The molecule has 8 heteroatoms. The molecule has 108 valence electrons. The van der Waals surface area contributed by atoms with E-state index in [2.05, 4.69) is 0 Å². The first kappa shape index (κ1) is 14.3. The lowest BCUT2D eigenvalue weighted by Crippen LogP contribution is -2.32. The summed E-state index contributed by atoms with van der Waals surface area (Å²) in [5, 5.41) is 29.3. The Labute approximate surface area is 117 Å². The minimum Gasteiger partial charge on any atom is -0.506 e. The van der Waals surface area contributed by atoms with Crippen LogP contribution in [0.15, 0.2) is 23.8 Å². The van der Waals surface area contributed by atoms with E-state index < -0.39 is 41.5 Å². The second kappa shape index (κ2) is 5.08. The monoisotopic (exact) mass is 291 g/mol. The predicted octanol–water partition coefficient (Wildman–Crippen LogP) is 0.0510. The maximum Gasteiger partial charge on any atom is 0.336 e. The topological polar surface area (TPSA) is 141 Å². The van der Waals surface area contributed by atoms with Crippen LogP contribution in [0.3, 0.4) is 0 Å². The maximum absolute atomic E-state index is 12.1. The molecule has 1 aromatic rings. The molecule has 0 saturated heterocycles. The van der Waals surface area contributed by atoms with Gasteiger partial charge in [0.25, 0.3) is 5.91 Å². The van der Waals surface area contributed by atoms with Crippen molar-refractivity contribution in [1.82, 2.24) is 5.32 Å². The second-order valence-corrected chi connectivity index (χ2v) is 4.16. The number of Topliss-reactive ketones (excluding diaryl/α,β-unsaturated/α-hetero) is 1. The summed E-state index contributed by atoms with van der Waals surface area (Å²) in [4.78, 5) is 45.4. The first-order chi connectivity index (χ1) is 9.84. The smallest absolute Gasteiger partial charge is 0.336 e. The summed E-state index contributed by atoms with van der Waals surface area (Å²) < 4.78 is 0. The standard InChI is InChI=1S/C13H9NO7/c15-7(16)4-14-12(19)9-10(17)5-2-1-3-6(13(20)21)8(5)11(9)18/h1-3,17H,4H2,(H,14,19)(H,15,16)(H,20,21). The fourth-order valence-electron chi connectivity index (χ4n) is 1.99. The van der Waals surface area contributed by atoms with Crippen LogP contribution in [0.2, 0.25) is 0 Å². The molecule has 0 unspecified atom stereocenters. The number of hydrogen-bond acceptors (Lipinski definition) is 5. The van der Waals surface area contributed by atoms with Crippen LogP contribution in [0.5, 0.6) is 0 Å². The third-order valence-corrected chi connectivity index (χ3v) is 2.87. The number of hydrogen-bond donors (Lipinski definition) is 4. The van der Waals surface area contributed by atoms with Gasteiger partial charge in [0.05, 0.1) is 5.56 Å². The largest absolute Gasteiger partial charge is 0.506 e. The van der Waals surface area contributed by atoms with E-state index in [1.807, 2.05) is 5.32 Å². The molecule has 0 aliphatic heterocycles. The Bertz CT molecular complexity index is 717. The summed E-state index contributed by atoms with van der Waals surface area (Å²) in [7, 11) is 0. The van der Waals surface area contributed by atoms with Crippen molar-refractivity contribution in [3.05, 3.63) is 40.5 Å². The first-order valence-electron chi connectivity index (χ1n) is 5.69. The van der Waals surface area contributed by atoms with Gasteiger partial charge in [0.1, 0.15) is 17.9 Å². The van der Waals surface area contributed by atoms with Gasteiger partial charge in [0, 0.05) is 11.1 Å². The van der Waals surface area contributed by atoms with Crippen LogP contribution in [0.1, 0.15) is 26.3 Å². The molecule has 21 heavy (non-hydrogen) atoms. The number of aliphatic carboxylic acids is 1. The Morgan fingerprint density at radius 3 is 2.38 bits per heavy atom. The van der Waals surface area contributed by atoms with E-state index in [9.17, 15) is 24.3 Å². The molecule has 8 nitrogen and oxygen atoms in total. The van der Waals surface area contributed by atoms with Crippen molar-refractivity contribution < 1.29 is 34.5 Å². The number of carbonyl (C=O) groups is 4. The summed E-state index contributed by atoms with van der Waals surface area (Å²) in [6.45, 7) is -0.731. The molecule has 0 aromatic heterocycles. The number of carboxylic acids is 2. The number of ketones is 1. The van der Waals surface area contributed by atoms with Crippen LogP contribution in [0.25, 0.3) is 5.76 Å². The van der Waals surface area contributed by atoms with E-state index in [1.165, 1.54) is 18.2 Å². The van der Waals surface area contributed by atoms with E-state index in [0.717, 1.165) is 0 Å². The summed E-state index contributed by atoms with van der Waals surface area (Å²) in [6.07, 6.45) is 0.